The maximum Gasteiger partial charge on any atom is 0.0599 e. The van der Waals surface area contributed by atoms with Gasteiger partial charge in [0.1, 0.15) is 0 Å². The molecule has 1 saturated heterocycles. The summed E-state index contributed by atoms with van der Waals surface area (Å²) in [4.78, 5) is 2.46. The van der Waals surface area contributed by atoms with E-state index in [2.05, 4.69) is 11.8 Å². The monoisotopic (exact) mass is 215 g/mol. The Hall–Kier alpha value is -0.120. The lowest BCUT2D eigenvalue weighted by Gasteiger charge is -2.31. The maximum absolute atomic E-state index is 5.82. The largest absolute Gasteiger partial charge is 0.383 e. The van der Waals surface area contributed by atoms with E-state index < -0.39 is 0 Å². The quantitative estimate of drug-likeness (QED) is 0.606. The van der Waals surface area contributed by atoms with Crippen LogP contribution in [0.2, 0.25) is 0 Å². The van der Waals surface area contributed by atoms with E-state index in [1.165, 1.54) is 38.8 Å². The van der Waals surface area contributed by atoms with Gasteiger partial charge in [0, 0.05) is 33.4 Å². The standard InChI is InChI=1S/C12H25NO2/c1-3-4-10-15-12-5-7-13(8-6-12)9-11-14-2/h12H,3-11H2,1-2H3. The van der Waals surface area contributed by atoms with Gasteiger partial charge < -0.3 is 14.4 Å². The molecule has 3 nitrogen and oxygen atoms in total. The average Bonchev–Trinajstić information content (AvgIpc) is 2.28. The summed E-state index contributed by atoms with van der Waals surface area (Å²) in [5.74, 6) is 0. The van der Waals surface area contributed by atoms with Crippen molar-refractivity contribution in [3.05, 3.63) is 0 Å². The van der Waals surface area contributed by atoms with Gasteiger partial charge in [0.05, 0.1) is 12.7 Å². The first-order valence-electron chi connectivity index (χ1n) is 6.19. The molecule has 0 spiro atoms. The van der Waals surface area contributed by atoms with Crippen LogP contribution in [0.15, 0.2) is 0 Å². The molecule has 0 bridgehead atoms. The molecule has 0 aromatic heterocycles. The number of hydrogen-bond donors (Lipinski definition) is 0. The molecule has 3 heteroatoms. The zero-order valence-corrected chi connectivity index (χ0v) is 10.2. The summed E-state index contributed by atoms with van der Waals surface area (Å²) in [6.07, 6.45) is 5.31. The van der Waals surface area contributed by atoms with Gasteiger partial charge in [0.15, 0.2) is 0 Å². The summed E-state index contributed by atoms with van der Waals surface area (Å²) < 4.78 is 10.9. The fourth-order valence-electron chi connectivity index (χ4n) is 1.91. The molecule has 0 aromatic rings. The molecule has 90 valence electrons. The maximum atomic E-state index is 5.82. The Morgan fingerprint density at radius 1 is 1.20 bits per heavy atom. The second kappa shape index (κ2) is 8.08. The molecule has 1 aliphatic heterocycles. The van der Waals surface area contributed by atoms with Crippen molar-refractivity contribution in [1.82, 2.24) is 4.90 Å². The van der Waals surface area contributed by atoms with Crippen LogP contribution in [-0.4, -0.2) is 51.0 Å². The van der Waals surface area contributed by atoms with Crippen LogP contribution >= 0.6 is 0 Å². The Morgan fingerprint density at radius 3 is 2.53 bits per heavy atom. The van der Waals surface area contributed by atoms with E-state index in [1.54, 1.807) is 7.11 Å². The van der Waals surface area contributed by atoms with Crippen LogP contribution in [0.5, 0.6) is 0 Å². The minimum atomic E-state index is 0.510. The predicted molar refractivity (Wildman–Crippen MR) is 62.2 cm³/mol. The molecule has 15 heavy (non-hydrogen) atoms. The first-order valence-corrected chi connectivity index (χ1v) is 6.19. The Kier molecular flexibility index (Phi) is 6.98. The minimum Gasteiger partial charge on any atom is -0.383 e. The third-order valence-electron chi connectivity index (χ3n) is 3.00. The van der Waals surface area contributed by atoms with E-state index in [1.807, 2.05) is 0 Å². The van der Waals surface area contributed by atoms with Crippen molar-refractivity contribution < 1.29 is 9.47 Å². The van der Waals surface area contributed by atoms with Gasteiger partial charge in [-0.2, -0.15) is 0 Å². The van der Waals surface area contributed by atoms with Gasteiger partial charge in [-0.1, -0.05) is 13.3 Å². The third-order valence-corrected chi connectivity index (χ3v) is 3.00. The number of rotatable bonds is 7. The summed E-state index contributed by atoms with van der Waals surface area (Å²) in [6, 6.07) is 0. The van der Waals surface area contributed by atoms with Crippen molar-refractivity contribution >= 4 is 0 Å². The number of ether oxygens (including phenoxy) is 2. The predicted octanol–water partition coefficient (Wildman–Crippen LogP) is 1.91. The molecule has 1 fully saturated rings. The van der Waals surface area contributed by atoms with E-state index in [9.17, 15) is 0 Å². The van der Waals surface area contributed by atoms with Crippen LogP contribution in [0, 0.1) is 0 Å². The molecule has 1 heterocycles. The first-order chi connectivity index (χ1) is 7.36. The van der Waals surface area contributed by atoms with Gasteiger partial charge in [-0.25, -0.2) is 0 Å². The van der Waals surface area contributed by atoms with Crippen LogP contribution < -0.4 is 0 Å². The summed E-state index contributed by atoms with van der Waals surface area (Å²) in [6.45, 7) is 7.40. The molecule has 0 unspecified atom stereocenters. The molecular weight excluding hydrogens is 190 g/mol. The second-order valence-corrected chi connectivity index (χ2v) is 4.26. The van der Waals surface area contributed by atoms with E-state index in [0.717, 1.165) is 19.8 Å². The normalized spacial score (nSPS) is 19.6. The van der Waals surface area contributed by atoms with E-state index in [-0.39, 0.29) is 0 Å². The Labute approximate surface area is 93.7 Å². The van der Waals surface area contributed by atoms with Gasteiger partial charge in [-0.05, 0) is 19.3 Å². The molecule has 1 rings (SSSR count). The number of nitrogens with zero attached hydrogens (tertiary/aromatic N) is 1. The molecule has 0 saturated carbocycles. The highest BCUT2D eigenvalue weighted by Gasteiger charge is 2.18. The number of likely N-dealkylation sites (tertiary alicyclic amines) is 1. The smallest absolute Gasteiger partial charge is 0.0599 e. The highest BCUT2D eigenvalue weighted by Crippen LogP contribution is 2.13. The average molecular weight is 215 g/mol. The second-order valence-electron chi connectivity index (χ2n) is 4.26. The number of unbranched alkanes of at least 4 members (excludes halogenated alkanes) is 1. The van der Waals surface area contributed by atoms with Crippen molar-refractivity contribution in [2.24, 2.45) is 0 Å². The lowest BCUT2D eigenvalue weighted by atomic mass is 10.1. The zero-order valence-electron chi connectivity index (χ0n) is 10.2. The minimum absolute atomic E-state index is 0.510. The molecule has 0 aromatic carbocycles. The SMILES string of the molecule is CCCCOC1CCN(CCOC)CC1. The van der Waals surface area contributed by atoms with Crippen LogP contribution in [-0.2, 0) is 9.47 Å². The lowest BCUT2D eigenvalue weighted by Crippen LogP contribution is -2.38. The first kappa shape index (κ1) is 12.9. The number of methoxy groups -OCH3 is 1. The molecule has 0 amide bonds. The molecule has 0 aliphatic carbocycles. The van der Waals surface area contributed by atoms with Crippen LogP contribution in [0.3, 0.4) is 0 Å². The van der Waals surface area contributed by atoms with Crippen molar-refractivity contribution in [2.45, 2.75) is 38.7 Å². The van der Waals surface area contributed by atoms with E-state index in [0.29, 0.717) is 6.10 Å². The highest BCUT2D eigenvalue weighted by atomic mass is 16.5. The molecular formula is C12H25NO2. The number of hydrogen-bond acceptors (Lipinski definition) is 3. The van der Waals surface area contributed by atoms with E-state index >= 15 is 0 Å². The fourth-order valence-corrected chi connectivity index (χ4v) is 1.91. The molecule has 0 radical (unpaired) electrons. The van der Waals surface area contributed by atoms with Gasteiger partial charge in [-0.15, -0.1) is 0 Å². The van der Waals surface area contributed by atoms with Gasteiger partial charge in [-0.3, -0.25) is 0 Å². The van der Waals surface area contributed by atoms with Crippen LogP contribution in [0.1, 0.15) is 32.6 Å². The Balaban J connectivity index is 2.02. The van der Waals surface area contributed by atoms with Crippen LogP contribution in [0.25, 0.3) is 0 Å². The number of piperidine rings is 1. The highest BCUT2D eigenvalue weighted by molar-refractivity contribution is 4.72. The topological polar surface area (TPSA) is 21.7 Å². The Bertz CT molecular complexity index is 145. The third kappa shape index (κ3) is 5.50. The van der Waals surface area contributed by atoms with Crippen molar-refractivity contribution in [1.29, 1.82) is 0 Å². The van der Waals surface area contributed by atoms with Crippen molar-refractivity contribution in [2.75, 3.05) is 40.0 Å². The van der Waals surface area contributed by atoms with Gasteiger partial charge >= 0.3 is 0 Å². The lowest BCUT2D eigenvalue weighted by molar-refractivity contribution is 0.00216. The summed E-state index contributed by atoms with van der Waals surface area (Å²) in [7, 11) is 1.76. The zero-order chi connectivity index (χ0) is 10.9. The van der Waals surface area contributed by atoms with E-state index in [4.69, 9.17) is 9.47 Å². The van der Waals surface area contributed by atoms with Crippen molar-refractivity contribution in [3.63, 3.8) is 0 Å². The van der Waals surface area contributed by atoms with Crippen molar-refractivity contribution in [3.8, 4) is 0 Å². The molecule has 0 atom stereocenters. The fraction of sp³-hybridized carbons (Fsp3) is 1.00. The van der Waals surface area contributed by atoms with Gasteiger partial charge in [0.2, 0.25) is 0 Å². The van der Waals surface area contributed by atoms with Crippen LogP contribution in [0.4, 0.5) is 0 Å². The Morgan fingerprint density at radius 2 is 1.93 bits per heavy atom. The summed E-state index contributed by atoms with van der Waals surface area (Å²) in [5.41, 5.74) is 0. The van der Waals surface area contributed by atoms with Gasteiger partial charge in [0.25, 0.3) is 0 Å². The summed E-state index contributed by atoms with van der Waals surface area (Å²) >= 11 is 0. The molecule has 0 N–H and O–H groups in total. The summed E-state index contributed by atoms with van der Waals surface area (Å²) in [5, 5.41) is 0. The molecule has 1 aliphatic rings.